The minimum Gasteiger partial charge on any atom is -0.389 e. The molecule has 0 saturated carbocycles. The van der Waals surface area contributed by atoms with Gasteiger partial charge in [0.05, 0.1) is 18.3 Å². The Kier molecular flexibility index (Phi) is 7.28. The van der Waals surface area contributed by atoms with Gasteiger partial charge in [-0.2, -0.15) is 13.2 Å². The minimum absolute atomic E-state index is 0.0105. The molecule has 0 amide bonds. The van der Waals surface area contributed by atoms with E-state index in [1.165, 1.54) is 12.1 Å². The van der Waals surface area contributed by atoms with Crippen LogP contribution in [0.2, 0.25) is 5.02 Å². The molecule has 1 unspecified atom stereocenters. The maximum Gasteiger partial charge on any atom is 0.418 e. The zero-order valence-electron chi connectivity index (χ0n) is 11.7. The maximum absolute atomic E-state index is 12.9. The van der Waals surface area contributed by atoms with Crippen LogP contribution in [0.3, 0.4) is 0 Å². The summed E-state index contributed by atoms with van der Waals surface area (Å²) < 4.78 is 43.8. The number of hydrogen-bond donors (Lipinski definition) is 2. The molecule has 0 spiro atoms. The van der Waals surface area contributed by atoms with Gasteiger partial charge in [-0.1, -0.05) is 24.9 Å². The summed E-state index contributed by atoms with van der Waals surface area (Å²) in [4.78, 5) is 0. The first-order valence-corrected chi connectivity index (χ1v) is 7.08. The van der Waals surface area contributed by atoms with Crippen molar-refractivity contribution in [2.75, 3.05) is 25.1 Å². The normalized spacial score (nSPS) is 13.2. The van der Waals surface area contributed by atoms with Crippen LogP contribution < -0.4 is 5.32 Å². The SMILES string of the molecule is CCCCOCC(O)CNc1ccc(Cl)cc1C(F)(F)F. The monoisotopic (exact) mass is 325 g/mol. The van der Waals surface area contributed by atoms with Gasteiger partial charge in [-0.3, -0.25) is 0 Å². The van der Waals surface area contributed by atoms with Crippen LogP contribution in [0.1, 0.15) is 25.3 Å². The second kappa shape index (κ2) is 8.46. The van der Waals surface area contributed by atoms with Gasteiger partial charge >= 0.3 is 6.18 Å². The number of hydrogen-bond acceptors (Lipinski definition) is 3. The maximum atomic E-state index is 12.9. The van der Waals surface area contributed by atoms with Crippen LogP contribution in [-0.2, 0) is 10.9 Å². The van der Waals surface area contributed by atoms with E-state index in [9.17, 15) is 18.3 Å². The molecule has 0 radical (unpaired) electrons. The fourth-order valence-corrected chi connectivity index (χ4v) is 1.83. The van der Waals surface area contributed by atoms with Gasteiger partial charge in [-0.25, -0.2) is 0 Å². The third-order valence-electron chi connectivity index (χ3n) is 2.77. The van der Waals surface area contributed by atoms with E-state index in [-0.39, 0.29) is 23.9 Å². The number of nitrogens with one attached hydrogen (secondary N) is 1. The minimum atomic E-state index is -4.50. The Morgan fingerprint density at radius 1 is 1.38 bits per heavy atom. The smallest absolute Gasteiger partial charge is 0.389 e. The average Bonchev–Trinajstić information content (AvgIpc) is 2.41. The van der Waals surface area contributed by atoms with Gasteiger partial charge in [0.2, 0.25) is 0 Å². The van der Waals surface area contributed by atoms with E-state index < -0.39 is 17.8 Å². The highest BCUT2D eigenvalue weighted by atomic mass is 35.5. The molecule has 0 fully saturated rings. The van der Waals surface area contributed by atoms with Crippen LogP contribution in [0.15, 0.2) is 18.2 Å². The van der Waals surface area contributed by atoms with E-state index in [4.69, 9.17) is 16.3 Å². The van der Waals surface area contributed by atoms with Crippen LogP contribution in [0.5, 0.6) is 0 Å². The largest absolute Gasteiger partial charge is 0.418 e. The van der Waals surface area contributed by atoms with E-state index in [0.29, 0.717) is 6.61 Å². The lowest BCUT2D eigenvalue weighted by molar-refractivity contribution is -0.137. The molecule has 1 atom stereocenters. The topological polar surface area (TPSA) is 41.5 Å². The average molecular weight is 326 g/mol. The second-order valence-electron chi connectivity index (χ2n) is 4.65. The fraction of sp³-hybridized carbons (Fsp3) is 0.571. The van der Waals surface area contributed by atoms with Crippen molar-refractivity contribution in [2.45, 2.75) is 32.0 Å². The molecular formula is C14H19ClF3NO2. The van der Waals surface area contributed by atoms with Crippen LogP contribution in [0, 0.1) is 0 Å². The molecule has 21 heavy (non-hydrogen) atoms. The Morgan fingerprint density at radius 3 is 2.71 bits per heavy atom. The standard InChI is InChI=1S/C14H19ClF3NO2/c1-2-3-6-21-9-11(20)8-19-13-5-4-10(15)7-12(13)14(16,17)18/h4-5,7,11,19-20H,2-3,6,8-9H2,1H3. The lowest BCUT2D eigenvalue weighted by Crippen LogP contribution is -2.26. The van der Waals surface area contributed by atoms with Crippen molar-refractivity contribution >= 4 is 17.3 Å². The Labute approximate surface area is 127 Å². The molecule has 0 aliphatic heterocycles. The Bertz CT molecular complexity index is 441. The number of ether oxygens (including phenoxy) is 1. The summed E-state index contributed by atoms with van der Waals surface area (Å²) in [6, 6.07) is 3.47. The quantitative estimate of drug-likeness (QED) is 0.711. The van der Waals surface area contributed by atoms with E-state index in [0.717, 1.165) is 18.9 Å². The zero-order chi connectivity index (χ0) is 15.9. The lowest BCUT2D eigenvalue weighted by Gasteiger charge is -2.17. The molecule has 0 bridgehead atoms. The van der Waals surface area contributed by atoms with Gasteiger partial charge in [0.15, 0.2) is 0 Å². The molecule has 120 valence electrons. The van der Waals surface area contributed by atoms with Crippen molar-refractivity contribution in [1.29, 1.82) is 0 Å². The highest BCUT2D eigenvalue weighted by Crippen LogP contribution is 2.36. The number of halogens is 4. The molecule has 2 N–H and O–H groups in total. The number of benzene rings is 1. The van der Waals surface area contributed by atoms with Gasteiger partial charge in [-0.15, -0.1) is 0 Å². The van der Waals surface area contributed by atoms with Crippen LogP contribution in [0.4, 0.5) is 18.9 Å². The molecule has 1 rings (SSSR count). The number of rotatable bonds is 8. The summed E-state index contributed by atoms with van der Waals surface area (Å²) in [5, 5.41) is 12.3. The van der Waals surface area contributed by atoms with E-state index >= 15 is 0 Å². The van der Waals surface area contributed by atoms with Crippen LogP contribution >= 0.6 is 11.6 Å². The van der Waals surface area contributed by atoms with E-state index in [1.807, 2.05) is 6.92 Å². The van der Waals surface area contributed by atoms with E-state index in [2.05, 4.69) is 5.32 Å². The van der Waals surface area contributed by atoms with Gasteiger partial charge in [0, 0.05) is 23.9 Å². The molecule has 0 heterocycles. The van der Waals surface area contributed by atoms with Gasteiger partial charge in [0.1, 0.15) is 0 Å². The number of anilines is 1. The molecular weight excluding hydrogens is 307 g/mol. The molecule has 0 saturated heterocycles. The first kappa shape index (κ1) is 18.1. The molecule has 3 nitrogen and oxygen atoms in total. The first-order chi connectivity index (χ1) is 9.84. The first-order valence-electron chi connectivity index (χ1n) is 6.71. The number of aliphatic hydroxyl groups is 1. The van der Waals surface area contributed by atoms with Gasteiger partial charge in [-0.05, 0) is 24.6 Å². The number of aliphatic hydroxyl groups excluding tert-OH is 1. The van der Waals surface area contributed by atoms with Crippen LogP contribution in [0.25, 0.3) is 0 Å². The van der Waals surface area contributed by atoms with Gasteiger partial charge < -0.3 is 15.2 Å². The molecule has 7 heteroatoms. The van der Waals surface area contributed by atoms with Crippen molar-refractivity contribution in [3.8, 4) is 0 Å². The van der Waals surface area contributed by atoms with Crippen LogP contribution in [-0.4, -0.2) is 31.0 Å². The molecule has 1 aromatic carbocycles. The highest BCUT2D eigenvalue weighted by molar-refractivity contribution is 6.30. The zero-order valence-corrected chi connectivity index (χ0v) is 12.5. The lowest BCUT2D eigenvalue weighted by atomic mass is 10.1. The third-order valence-corrected chi connectivity index (χ3v) is 3.00. The summed E-state index contributed by atoms with van der Waals surface area (Å²) in [6.45, 7) is 2.60. The Morgan fingerprint density at radius 2 is 2.10 bits per heavy atom. The van der Waals surface area contributed by atoms with Crippen molar-refractivity contribution < 1.29 is 23.0 Å². The predicted octanol–water partition coefficient (Wildman–Crippen LogP) is 3.95. The van der Waals surface area contributed by atoms with Gasteiger partial charge in [0.25, 0.3) is 0 Å². The summed E-state index contributed by atoms with van der Waals surface area (Å²) in [6.07, 6.45) is -3.52. The summed E-state index contributed by atoms with van der Waals surface area (Å²) >= 11 is 5.59. The number of alkyl halides is 3. The second-order valence-corrected chi connectivity index (χ2v) is 5.09. The molecule has 0 aromatic heterocycles. The molecule has 0 aliphatic rings. The van der Waals surface area contributed by atoms with Crippen molar-refractivity contribution in [3.63, 3.8) is 0 Å². The third kappa shape index (κ3) is 6.54. The molecule has 1 aromatic rings. The fourth-order valence-electron chi connectivity index (χ4n) is 1.66. The Hall–Kier alpha value is -0.980. The van der Waals surface area contributed by atoms with Crippen molar-refractivity contribution in [1.82, 2.24) is 0 Å². The highest BCUT2D eigenvalue weighted by Gasteiger charge is 2.33. The van der Waals surface area contributed by atoms with E-state index in [1.54, 1.807) is 0 Å². The predicted molar refractivity (Wildman–Crippen MR) is 76.7 cm³/mol. The van der Waals surface area contributed by atoms with Crippen molar-refractivity contribution in [3.05, 3.63) is 28.8 Å². The summed E-state index contributed by atoms with van der Waals surface area (Å²) in [5.74, 6) is 0. The summed E-state index contributed by atoms with van der Waals surface area (Å²) in [7, 11) is 0. The molecule has 0 aliphatic carbocycles. The summed E-state index contributed by atoms with van der Waals surface area (Å²) in [5.41, 5.74) is -0.964. The Balaban J connectivity index is 2.55. The van der Waals surface area contributed by atoms with Crippen molar-refractivity contribution in [2.24, 2.45) is 0 Å². The number of unbranched alkanes of at least 4 members (excludes halogenated alkanes) is 1.